The fourth-order valence-corrected chi connectivity index (χ4v) is 3.27. The van der Waals surface area contributed by atoms with E-state index in [-0.39, 0.29) is 5.91 Å². The molecule has 0 aliphatic heterocycles. The first-order chi connectivity index (χ1) is 11.5. The number of hydrogen-bond donors (Lipinski definition) is 1. The quantitative estimate of drug-likeness (QED) is 0.615. The van der Waals surface area contributed by atoms with Gasteiger partial charge in [0.2, 0.25) is 0 Å². The van der Waals surface area contributed by atoms with E-state index in [1.807, 2.05) is 38.1 Å². The topological polar surface area (TPSA) is 68.0 Å². The number of rotatable bonds is 3. The summed E-state index contributed by atoms with van der Waals surface area (Å²) in [6, 6.07) is 7.77. The van der Waals surface area contributed by atoms with E-state index >= 15 is 0 Å². The maximum atomic E-state index is 12.9. The van der Waals surface area contributed by atoms with E-state index in [4.69, 9.17) is 4.52 Å². The third kappa shape index (κ3) is 2.79. The molecule has 1 N–H and O–H groups in total. The van der Waals surface area contributed by atoms with Crippen molar-refractivity contribution in [3.63, 3.8) is 0 Å². The molecule has 1 amide bonds. The molecule has 2 aromatic heterocycles. The summed E-state index contributed by atoms with van der Waals surface area (Å²) in [6.07, 6.45) is 2.23. The number of fused-ring (bicyclic) bond motifs is 1. The van der Waals surface area contributed by atoms with Crippen molar-refractivity contribution in [3.8, 4) is 0 Å². The zero-order valence-electron chi connectivity index (χ0n) is 13.4. The highest BCUT2D eigenvalue weighted by Crippen LogP contribution is 2.40. The van der Waals surface area contributed by atoms with Gasteiger partial charge in [0.1, 0.15) is 0 Å². The fourth-order valence-electron chi connectivity index (χ4n) is 2.75. The predicted octanol–water partition coefficient (Wildman–Crippen LogP) is 4.57. The molecule has 3 aromatic rings. The van der Waals surface area contributed by atoms with Crippen LogP contribution in [-0.2, 0) is 0 Å². The SMILES string of the molecule is Cc1ccc(NC(=O)c2cc(C3CC3)nc3onc(C)c23)cc1I. The van der Waals surface area contributed by atoms with E-state index in [0.717, 1.165) is 27.8 Å². The number of benzene rings is 1. The summed E-state index contributed by atoms with van der Waals surface area (Å²) in [6.45, 7) is 3.87. The van der Waals surface area contributed by atoms with Gasteiger partial charge in [-0.05, 0) is 73.0 Å². The normalized spacial score (nSPS) is 14.1. The molecule has 0 bridgehead atoms. The molecule has 0 atom stereocenters. The summed E-state index contributed by atoms with van der Waals surface area (Å²) in [5, 5.41) is 7.65. The monoisotopic (exact) mass is 433 g/mol. The van der Waals surface area contributed by atoms with Crippen molar-refractivity contribution in [1.29, 1.82) is 0 Å². The molecule has 0 spiro atoms. The largest absolute Gasteiger partial charge is 0.336 e. The van der Waals surface area contributed by atoms with Gasteiger partial charge in [-0.25, -0.2) is 4.98 Å². The lowest BCUT2D eigenvalue weighted by molar-refractivity contribution is 0.102. The van der Waals surface area contributed by atoms with Crippen LogP contribution in [0.15, 0.2) is 28.8 Å². The molecule has 6 heteroatoms. The van der Waals surface area contributed by atoms with Gasteiger partial charge in [-0.2, -0.15) is 0 Å². The summed E-state index contributed by atoms with van der Waals surface area (Å²) in [5.41, 5.74) is 4.59. The molecule has 0 saturated heterocycles. The van der Waals surface area contributed by atoms with Gasteiger partial charge in [0.05, 0.1) is 16.6 Å². The summed E-state index contributed by atoms with van der Waals surface area (Å²) >= 11 is 2.27. The number of nitrogens with one attached hydrogen (secondary N) is 1. The van der Waals surface area contributed by atoms with Crippen LogP contribution in [0.5, 0.6) is 0 Å². The number of halogens is 1. The molecule has 4 rings (SSSR count). The average molecular weight is 433 g/mol. The molecule has 1 aliphatic carbocycles. The first-order valence-corrected chi connectivity index (χ1v) is 8.95. The first kappa shape index (κ1) is 15.6. The summed E-state index contributed by atoms with van der Waals surface area (Å²) < 4.78 is 6.42. The molecule has 1 aromatic carbocycles. The number of carbonyl (C=O) groups excluding carboxylic acids is 1. The minimum Gasteiger partial charge on any atom is -0.336 e. The molecular weight excluding hydrogens is 417 g/mol. The van der Waals surface area contributed by atoms with E-state index < -0.39 is 0 Å². The number of anilines is 1. The highest BCUT2D eigenvalue weighted by atomic mass is 127. The Morgan fingerprint density at radius 3 is 2.79 bits per heavy atom. The Bertz CT molecular complexity index is 960. The molecule has 122 valence electrons. The van der Waals surface area contributed by atoms with Gasteiger partial charge in [0.15, 0.2) is 0 Å². The van der Waals surface area contributed by atoms with E-state index in [0.29, 0.717) is 28.3 Å². The number of nitrogens with zero attached hydrogens (tertiary/aromatic N) is 2. The van der Waals surface area contributed by atoms with Crippen LogP contribution in [0.25, 0.3) is 11.1 Å². The van der Waals surface area contributed by atoms with Crippen molar-refractivity contribution in [3.05, 3.63) is 50.4 Å². The second kappa shape index (κ2) is 5.84. The summed E-state index contributed by atoms with van der Waals surface area (Å²) in [4.78, 5) is 17.4. The van der Waals surface area contributed by atoms with Crippen molar-refractivity contribution in [2.75, 3.05) is 5.32 Å². The van der Waals surface area contributed by atoms with Crippen molar-refractivity contribution < 1.29 is 9.32 Å². The van der Waals surface area contributed by atoms with Gasteiger partial charge in [-0.3, -0.25) is 4.79 Å². The molecule has 0 radical (unpaired) electrons. The zero-order chi connectivity index (χ0) is 16.8. The van der Waals surface area contributed by atoms with Crippen LogP contribution in [0.1, 0.15) is 46.1 Å². The first-order valence-electron chi connectivity index (χ1n) is 7.87. The third-order valence-corrected chi connectivity index (χ3v) is 5.47. The van der Waals surface area contributed by atoms with Crippen molar-refractivity contribution in [1.82, 2.24) is 10.1 Å². The Morgan fingerprint density at radius 2 is 2.08 bits per heavy atom. The van der Waals surface area contributed by atoms with Gasteiger partial charge in [0, 0.05) is 20.9 Å². The van der Waals surface area contributed by atoms with Crippen molar-refractivity contribution in [2.24, 2.45) is 0 Å². The number of aryl methyl sites for hydroxylation is 2. The van der Waals surface area contributed by atoms with E-state index in [1.54, 1.807) is 0 Å². The molecule has 5 nitrogen and oxygen atoms in total. The minimum absolute atomic E-state index is 0.157. The molecule has 1 fully saturated rings. The second-order valence-corrected chi connectivity index (χ2v) is 7.40. The molecule has 24 heavy (non-hydrogen) atoms. The number of carbonyl (C=O) groups is 1. The standard InChI is InChI=1S/C18H16IN3O2/c1-9-3-6-12(7-14(9)19)20-17(23)13-8-15(11-4-5-11)21-18-16(13)10(2)22-24-18/h3,6-8,11H,4-5H2,1-2H3,(H,20,23). The Balaban J connectivity index is 1.75. The van der Waals surface area contributed by atoms with Crippen LogP contribution in [-0.4, -0.2) is 16.0 Å². The molecular formula is C18H16IN3O2. The second-order valence-electron chi connectivity index (χ2n) is 6.24. The molecule has 1 aliphatic rings. The van der Waals surface area contributed by atoms with Crippen molar-refractivity contribution in [2.45, 2.75) is 32.6 Å². The Morgan fingerprint density at radius 1 is 1.29 bits per heavy atom. The number of aromatic nitrogens is 2. The van der Waals surface area contributed by atoms with Crippen LogP contribution in [0.4, 0.5) is 5.69 Å². The van der Waals surface area contributed by atoms with E-state index in [2.05, 4.69) is 38.0 Å². The van der Waals surface area contributed by atoms with E-state index in [1.165, 1.54) is 5.56 Å². The molecule has 0 unspecified atom stereocenters. The van der Waals surface area contributed by atoms with Crippen LogP contribution < -0.4 is 5.32 Å². The van der Waals surface area contributed by atoms with Crippen LogP contribution in [0.3, 0.4) is 0 Å². The maximum absolute atomic E-state index is 12.9. The van der Waals surface area contributed by atoms with Crippen LogP contribution >= 0.6 is 22.6 Å². The van der Waals surface area contributed by atoms with Gasteiger partial charge in [-0.15, -0.1) is 0 Å². The van der Waals surface area contributed by atoms with Gasteiger partial charge < -0.3 is 9.84 Å². The highest BCUT2D eigenvalue weighted by Gasteiger charge is 2.28. The lowest BCUT2D eigenvalue weighted by atomic mass is 10.1. The molecule has 2 heterocycles. The lowest BCUT2D eigenvalue weighted by Gasteiger charge is -2.09. The Labute approximate surface area is 153 Å². The number of hydrogen-bond acceptors (Lipinski definition) is 4. The summed E-state index contributed by atoms with van der Waals surface area (Å²) in [5.74, 6) is 0.280. The number of pyridine rings is 1. The number of amides is 1. The summed E-state index contributed by atoms with van der Waals surface area (Å²) in [7, 11) is 0. The van der Waals surface area contributed by atoms with Gasteiger partial charge >= 0.3 is 0 Å². The Hall–Kier alpha value is -1.96. The third-order valence-electron chi connectivity index (χ3n) is 4.31. The van der Waals surface area contributed by atoms with Crippen LogP contribution in [0.2, 0.25) is 0 Å². The van der Waals surface area contributed by atoms with Gasteiger partial charge in [0.25, 0.3) is 11.6 Å². The minimum atomic E-state index is -0.157. The smallest absolute Gasteiger partial charge is 0.259 e. The zero-order valence-corrected chi connectivity index (χ0v) is 15.5. The highest BCUT2D eigenvalue weighted by molar-refractivity contribution is 14.1. The lowest BCUT2D eigenvalue weighted by Crippen LogP contribution is -2.13. The Kier molecular flexibility index (Phi) is 3.79. The maximum Gasteiger partial charge on any atom is 0.259 e. The fraction of sp³-hybridized carbons (Fsp3) is 0.278. The predicted molar refractivity (Wildman–Crippen MR) is 100 cm³/mol. The van der Waals surface area contributed by atoms with Crippen LogP contribution in [0, 0.1) is 17.4 Å². The average Bonchev–Trinajstić information content (AvgIpc) is 3.34. The molecule has 1 saturated carbocycles. The van der Waals surface area contributed by atoms with Crippen molar-refractivity contribution >= 4 is 45.3 Å². The van der Waals surface area contributed by atoms with E-state index in [9.17, 15) is 4.79 Å². The van der Waals surface area contributed by atoms with Gasteiger partial charge in [-0.1, -0.05) is 11.2 Å².